The summed E-state index contributed by atoms with van der Waals surface area (Å²) in [6, 6.07) is 5.65. The highest BCUT2D eigenvalue weighted by atomic mass is 16.5. The summed E-state index contributed by atoms with van der Waals surface area (Å²) >= 11 is 0. The van der Waals surface area contributed by atoms with Crippen LogP contribution in [0.15, 0.2) is 30.7 Å². The van der Waals surface area contributed by atoms with E-state index in [9.17, 15) is 4.79 Å². The van der Waals surface area contributed by atoms with Crippen LogP contribution >= 0.6 is 0 Å². The van der Waals surface area contributed by atoms with Gasteiger partial charge in [-0.25, -0.2) is 9.78 Å². The van der Waals surface area contributed by atoms with Crippen LogP contribution in [0.5, 0.6) is 5.75 Å². The number of amides is 1. The summed E-state index contributed by atoms with van der Waals surface area (Å²) in [5.41, 5.74) is 2.66. The summed E-state index contributed by atoms with van der Waals surface area (Å²) in [5.74, 6) is 0.809. The van der Waals surface area contributed by atoms with Crippen LogP contribution in [0.1, 0.15) is 5.69 Å². The summed E-state index contributed by atoms with van der Waals surface area (Å²) < 4.78 is 10.4. The van der Waals surface area contributed by atoms with Crippen molar-refractivity contribution in [3.8, 4) is 5.75 Å². The van der Waals surface area contributed by atoms with Gasteiger partial charge in [0.1, 0.15) is 12.4 Å². The van der Waals surface area contributed by atoms with Crippen LogP contribution in [-0.2, 0) is 11.3 Å². The number of methoxy groups -OCH3 is 1. The number of aromatic nitrogens is 2. The fourth-order valence-corrected chi connectivity index (χ4v) is 2.45. The molecule has 0 spiro atoms. The Bertz CT molecular complexity index is 657. The minimum Gasteiger partial charge on any atom is -0.490 e. The second-order valence-corrected chi connectivity index (χ2v) is 5.01. The maximum atomic E-state index is 11.7. The average Bonchev–Trinajstić information content (AvgIpc) is 3.06. The van der Waals surface area contributed by atoms with Gasteiger partial charge in [-0.05, 0) is 18.2 Å². The zero-order valence-electron chi connectivity index (χ0n) is 12.6. The van der Waals surface area contributed by atoms with E-state index in [-0.39, 0.29) is 0 Å². The van der Waals surface area contributed by atoms with E-state index in [1.54, 1.807) is 13.4 Å². The van der Waals surface area contributed by atoms with Crippen molar-refractivity contribution >= 4 is 17.5 Å². The molecule has 0 radical (unpaired) electrons. The minimum atomic E-state index is -0.407. The zero-order valence-corrected chi connectivity index (χ0v) is 12.6. The molecule has 1 aliphatic rings. The van der Waals surface area contributed by atoms with E-state index in [2.05, 4.69) is 14.9 Å². The van der Waals surface area contributed by atoms with Gasteiger partial charge in [0.05, 0.1) is 37.9 Å². The van der Waals surface area contributed by atoms with Crippen molar-refractivity contribution < 1.29 is 14.3 Å². The Morgan fingerprint density at radius 2 is 2.41 bits per heavy atom. The van der Waals surface area contributed by atoms with Gasteiger partial charge in [0.15, 0.2) is 0 Å². The number of benzene rings is 1. The first-order valence-electron chi connectivity index (χ1n) is 7.00. The van der Waals surface area contributed by atoms with Crippen LogP contribution < -0.4 is 14.5 Å². The number of imidazole rings is 1. The molecule has 1 amide bonds. The van der Waals surface area contributed by atoms with E-state index >= 15 is 0 Å². The molecule has 0 bridgehead atoms. The number of anilines is 2. The van der Waals surface area contributed by atoms with Crippen LogP contribution in [0.25, 0.3) is 0 Å². The predicted octanol–water partition coefficient (Wildman–Crippen LogP) is 2.01. The van der Waals surface area contributed by atoms with Gasteiger partial charge in [0, 0.05) is 18.9 Å². The molecule has 7 nitrogen and oxygen atoms in total. The molecule has 2 aromatic rings. The molecule has 0 atom stereocenters. The largest absolute Gasteiger partial charge is 0.490 e. The van der Waals surface area contributed by atoms with E-state index < -0.39 is 6.09 Å². The topological polar surface area (TPSA) is 70.7 Å². The van der Waals surface area contributed by atoms with E-state index in [0.717, 1.165) is 29.4 Å². The number of carbonyl (C=O) groups excluding carboxylic acids is 1. The van der Waals surface area contributed by atoms with E-state index in [4.69, 9.17) is 9.47 Å². The van der Waals surface area contributed by atoms with Crippen molar-refractivity contribution in [1.82, 2.24) is 9.97 Å². The molecule has 3 rings (SSSR count). The maximum Gasteiger partial charge on any atom is 0.413 e. The van der Waals surface area contributed by atoms with Gasteiger partial charge in [-0.1, -0.05) is 0 Å². The van der Waals surface area contributed by atoms with Crippen molar-refractivity contribution in [2.75, 3.05) is 37.1 Å². The van der Waals surface area contributed by atoms with E-state index in [0.29, 0.717) is 13.2 Å². The van der Waals surface area contributed by atoms with Crippen molar-refractivity contribution in [1.29, 1.82) is 0 Å². The molecule has 0 fully saturated rings. The van der Waals surface area contributed by atoms with Gasteiger partial charge < -0.3 is 19.4 Å². The van der Waals surface area contributed by atoms with E-state index in [1.165, 1.54) is 12.0 Å². The van der Waals surface area contributed by atoms with Crippen molar-refractivity contribution in [3.05, 3.63) is 36.4 Å². The lowest BCUT2D eigenvalue weighted by Gasteiger charge is -2.31. The molecule has 7 heteroatoms. The number of aromatic amines is 1. The molecule has 1 aromatic carbocycles. The highest BCUT2D eigenvalue weighted by Crippen LogP contribution is 2.35. The predicted molar refractivity (Wildman–Crippen MR) is 82.4 cm³/mol. The normalized spacial score (nSPS) is 13.3. The number of hydrogen-bond acceptors (Lipinski definition) is 5. The average molecular weight is 302 g/mol. The van der Waals surface area contributed by atoms with E-state index in [1.807, 2.05) is 24.4 Å². The number of carbonyl (C=O) groups is 1. The minimum absolute atomic E-state index is 0.407. The van der Waals surface area contributed by atoms with Gasteiger partial charge in [-0.15, -0.1) is 0 Å². The molecule has 0 saturated carbocycles. The molecule has 0 unspecified atom stereocenters. The Kier molecular flexibility index (Phi) is 3.86. The molecular formula is C15H18N4O3. The zero-order chi connectivity index (χ0) is 15.5. The van der Waals surface area contributed by atoms with Crippen molar-refractivity contribution in [3.63, 3.8) is 0 Å². The summed E-state index contributed by atoms with van der Waals surface area (Å²) in [6.45, 7) is 2.08. The van der Waals surface area contributed by atoms with Crippen LogP contribution in [-0.4, -0.2) is 43.4 Å². The van der Waals surface area contributed by atoms with Crippen LogP contribution in [0.3, 0.4) is 0 Å². The first kappa shape index (κ1) is 14.2. The molecule has 2 heterocycles. The van der Waals surface area contributed by atoms with Gasteiger partial charge in [-0.2, -0.15) is 0 Å². The lowest BCUT2D eigenvalue weighted by molar-refractivity contribution is 0.180. The highest BCUT2D eigenvalue weighted by Gasteiger charge is 2.21. The molecule has 0 saturated heterocycles. The summed E-state index contributed by atoms with van der Waals surface area (Å²) in [5, 5.41) is 0. The molecular weight excluding hydrogens is 284 g/mol. The molecule has 1 aromatic heterocycles. The molecule has 1 aliphatic heterocycles. The first-order valence-corrected chi connectivity index (χ1v) is 7.00. The molecule has 0 aliphatic carbocycles. The van der Waals surface area contributed by atoms with Crippen LogP contribution in [0.4, 0.5) is 16.2 Å². The Labute approximate surface area is 128 Å². The number of H-pyrrole nitrogens is 1. The lowest BCUT2D eigenvalue weighted by Crippen LogP contribution is -2.33. The lowest BCUT2D eigenvalue weighted by atomic mass is 10.2. The standard InChI is InChI=1S/C15H18N4O3/c1-18(15(20)21-2)12-3-4-14-13(7-12)19(5-6-22-14)9-11-8-16-10-17-11/h3-4,7-8,10H,5-6,9H2,1-2H3,(H,16,17). The van der Waals surface area contributed by atoms with Gasteiger partial charge in [-0.3, -0.25) is 4.90 Å². The summed E-state index contributed by atoms with van der Waals surface area (Å²) in [4.78, 5) is 22.5. The number of fused-ring (bicyclic) bond motifs is 1. The Morgan fingerprint density at radius 3 is 3.14 bits per heavy atom. The third kappa shape index (κ3) is 2.69. The molecule has 116 valence electrons. The number of nitrogens with zero attached hydrogens (tertiary/aromatic N) is 3. The Balaban J connectivity index is 1.89. The van der Waals surface area contributed by atoms with Gasteiger partial charge in [0.25, 0.3) is 0 Å². The fraction of sp³-hybridized carbons (Fsp3) is 0.333. The third-order valence-corrected chi connectivity index (χ3v) is 3.65. The Hall–Kier alpha value is -2.70. The number of nitrogens with one attached hydrogen (secondary N) is 1. The Morgan fingerprint density at radius 1 is 1.55 bits per heavy atom. The number of rotatable bonds is 3. The SMILES string of the molecule is COC(=O)N(C)c1ccc2c(c1)N(Cc1c[nH]cn1)CCO2. The van der Waals surface area contributed by atoms with Gasteiger partial charge >= 0.3 is 6.09 Å². The smallest absolute Gasteiger partial charge is 0.413 e. The van der Waals surface area contributed by atoms with Crippen molar-refractivity contribution in [2.45, 2.75) is 6.54 Å². The van der Waals surface area contributed by atoms with Crippen LogP contribution in [0, 0.1) is 0 Å². The summed E-state index contributed by atoms with van der Waals surface area (Å²) in [7, 11) is 3.04. The molecule has 1 N–H and O–H groups in total. The molecule has 22 heavy (non-hydrogen) atoms. The monoisotopic (exact) mass is 302 g/mol. The first-order chi connectivity index (χ1) is 10.7. The number of hydrogen-bond donors (Lipinski definition) is 1. The summed E-state index contributed by atoms with van der Waals surface area (Å²) in [6.07, 6.45) is 3.13. The third-order valence-electron chi connectivity index (χ3n) is 3.65. The van der Waals surface area contributed by atoms with Crippen LogP contribution in [0.2, 0.25) is 0 Å². The quantitative estimate of drug-likeness (QED) is 0.939. The van der Waals surface area contributed by atoms with Crippen molar-refractivity contribution in [2.24, 2.45) is 0 Å². The highest BCUT2D eigenvalue weighted by molar-refractivity contribution is 5.88. The second kappa shape index (κ2) is 5.97. The maximum absolute atomic E-state index is 11.7. The van der Waals surface area contributed by atoms with Gasteiger partial charge in [0.2, 0.25) is 0 Å². The number of ether oxygens (including phenoxy) is 2. The second-order valence-electron chi connectivity index (χ2n) is 5.01. The fourth-order valence-electron chi connectivity index (χ4n) is 2.45.